The number of hydrogen-bond donors (Lipinski definition) is 1. The fourth-order valence-corrected chi connectivity index (χ4v) is 3.76. The maximum absolute atomic E-state index is 12.5. The highest BCUT2D eigenvalue weighted by atomic mass is 16.5. The number of carbonyl (C=O) groups is 2. The summed E-state index contributed by atoms with van der Waals surface area (Å²) < 4.78 is 5.53. The van der Waals surface area contributed by atoms with Gasteiger partial charge in [-0.3, -0.25) is 9.59 Å². The normalized spacial score (nSPS) is 13.7. The lowest BCUT2D eigenvalue weighted by molar-refractivity contribution is -0.126. The molecule has 2 amide bonds. The van der Waals surface area contributed by atoms with Crippen LogP contribution in [-0.4, -0.2) is 49.5 Å². The van der Waals surface area contributed by atoms with Gasteiger partial charge in [-0.1, -0.05) is 48.0 Å². The van der Waals surface area contributed by atoms with Crippen molar-refractivity contribution in [3.63, 3.8) is 0 Å². The van der Waals surface area contributed by atoms with Crippen molar-refractivity contribution >= 4 is 29.3 Å². The number of amides is 2. The highest BCUT2D eigenvalue weighted by molar-refractivity contribution is 5.92. The van der Waals surface area contributed by atoms with Crippen LogP contribution in [0.5, 0.6) is 5.75 Å². The fourth-order valence-electron chi connectivity index (χ4n) is 3.76. The van der Waals surface area contributed by atoms with Gasteiger partial charge in [0, 0.05) is 43.6 Å². The van der Waals surface area contributed by atoms with Gasteiger partial charge in [-0.15, -0.1) is 0 Å². The van der Waals surface area contributed by atoms with Crippen molar-refractivity contribution in [1.29, 1.82) is 0 Å². The molecule has 34 heavy (non-hydrogen) atoms. The van der Waals surface area contributed by atoms with Crippen LogP contribution >= 0.6 is 0 Å². The zero-order valence-electron chi connectivity index (χ0n) is 19.3. The molecule has 0 unspecified atom stereocenters. The van der Waals surface area contributed by atoms with E-state index < -0.39 is 0 Å². The minimum Gasteiger partial charge on any atom is -0.484 e. The summed E-state index contributed by atoms with van der Waals surface area (Å²) in [6, 6.07) is 25.2. The van der Waals surface area contributed by atoms with Crippen LogP contribution in [0.25, 0.3) is 6.08 Å². The van der Waals surface area contributed by atoms with E-state index in [0.717, 1.165) is 35.6 Å². The van der Waals surface area contributed by atoms with Crippen LogP contribution in [0.1, 0.15) is 11.1 Å². The maximum Gasteiger partial charge on any atom is 0.262 e. The summed E-state index contributed by atoms with van der Waals surface area (Å²) in [5.74, 6) is 0.503. The van der Waals surface area contributed by atoms with Crippen LogP contribution < -0.4 is 15.0 Å². The van der Waals surface area contributed by atoms with Crippen LogP contribution in [0, 0.1) is 6.92 Å². The van der Waals surface area contributed by atoms with E-state index in [2.05, 4.69) is 10.2 Å². The van der Waals surface area contributed by atoms with Crippen molar-refractivity contribution in [2.75, 3.05) is 43.0 Å². The first-order valence-electron chi connectivity index (χ1n) is 11.4. The van der Waals surface area contributed by atoms with Crippen molar-refractivity contribution in [2.24, 2.45) is 0 Å². The second-order valence-corrected chi connectivity index (χ2v) is 8.25. The maximum atomic E-state index is 12.5. The third-order valence-corrected chi connectivity index (χ3v) is 5.72. The molecule has 4 rings (SSSR count). The molecular formula is C28H29N3O3. The molecule has 174 valence electrons. The van der Waals surface area contributed by atoms with Gasteiger partial charge < -0.3 is 19.9 Å². The Kier molecular flexibility index (Phi) is 7.60. The van der Waals surface area contributed by atoms with Gasteiger partial charge in [0.1, 0.15) is 5.75 Å². The van der Waals surface area contributed by atoms with Crippen LogP contribution in [0.15, 0.2) is 84.9 Å². The summed E-state index contributed by atoms with van der Waals surface area (Å²) in [6.45, 7) is 4.84. The standard InChI is InChI=1S/C28H29N3O3/c1-22-7-14-26(15-8-22)34-21-27(32)29-24-10-12-25(13-11-24)30-17-19-31(20-18-30)28(33)16-9-23-5-3-2-4-6-23/h2-16H,17-21H2,1H3,(H,29,32)/b16-9-. The van der Waals surface area contributed by atoms with Gasteiger partial charge in [0.25, 0.3) is 5.91 Å². The molecule has 0 bridgehead atoms. The topological polar surface area (TPSA) is 61.9 Å². The molecule has 3 aromatic carbocycles. The predicted octanol–water partition coefficient (Wildman–Crippen LogP) is 4.37. The largest absolute Gasteiger partial charge is 0.484 e. The third kappa shape index (κ3) is 6.48. The number of ether oxygens (including phenoxy) is 1. The minimum atomic E-state index is -0.205. The number of rotatable bonds is 7. The number of hydrogen-bond acceptors (Lipinski definition) is 4. The van der Waals surface area contributed by atoms with Gasteiger partial charge >= 0.3 is 0 Å². The number of carbonyl (C=O) groups excluding carboxylic acids is 2. The van der Waals surface area contributed by atoms with Gasteiger partial charge in [0.15, 0.2) is 6.61 Å². The molecule has 3 aromatic rings. The first-order chi connectivity index (χ1) is 16.6. The molecule has 6 nitrogen and oxygen atoms in total. The molecule has 1 fully saturated rings. The first-order valence-corrected chi connectivity index (χ1v) is 11.4. The van der Waals surface area contributed by atoms with Gasteiger partial charge in [0.05, 0.1) is 0 Å². The van der Waals surface area contributed by atoms with Gasteiger partial charge in [0.2, 0.25) is 5.91 Å². The van der Waals surface area contributed by atoms with Crippen LogP contribution in [0.3, 0.4) is 0 Å². The highest BCUT2D eigenvalue weighted by Gasteiger charge is 2.19. The summed E-state index contributed by atoms with van der Waals surface area (Å²) >= 11 is 0. The van der Waals surface area contributed by atoms with E-state index in [1.807, 2.05) is 96.8 Å². The minimum absolute atomic E-state index is 0.0365. The average Bonchev–Trinajstić information content (AvgIpc) is 2.88. The molecule has 0 aliphatic carbocycles. The Balaban J connectivity index is 1.22. The van der Waals surface area contributed by atoms with E-state index in [4.69, 9.17) is 4.74 Å². The molecule has 0 spiro atoms. The SMILES string of the molecule is Cc1ccc(OCC(=O)Nc2ccc(N3CCN(C(=O)/C=C\c4ccccc4)CC3)cc2)cc1. The smallest absolute Gasteiger partial charge is 0.262 e. The monoisotopic (exact) mass is 455 g/mol. The number of piperazine rings is 1. The molecule has 0 aromatic heterocycles. The molecule has 1 N–H and O–H groups in total. The summed E-state index contributed by atoms with van der Waals surface area (Å²) in [7, 11) is 0. The Morgan fingerprint density at radius 2 is 1.56 bits per heavy atom. The van der Waals surface area contributed by atoms with Gasteiger partial charge in [-0.2, -0.15) is 0 Å². The lowest BCUT2D eigenvalue weighted by atomic mass is 10.2. The zero-order chi connectivity index (χ0) is 23.8. The van der Waals surface area contributed by atoms with Crippen molar-refractivity contribution < 1.29 is 14.3 Å². The average molecular weight is 456 g/mol. The second-order valence-electron chi connectivity index (χ2n) is 8.25. The first kappa shape index (κ1) is 23.1. The molecule has 0 atom stereocenters. The lowest BCUT2D eigenvalue weighted by Crippen LogP contribution is -2.48. The Morgan fingerprint density at radius 1 is 0.882 bits per heavy atom. The lowest BCUT2D eigenvalue weighted by Gasteiger charge is -2.35. The molecule has 0 radical (unpaired) electrons. The number of nitrogens with zero attached hydrogens (tertiary/aromatic N) is 2. The van der Waals surface area contributed by atoms with Crippen LogP contribution in [0.4, 0.5) is 11.4 Å². The quantitative estimate of drug-likeness (QED) is 0.538. The Hall–Kier alpha value is -4.06. The van der Waals surface area contributed by atoms with Crippen molar-refractivity contribution in [3.05, 3.63) is 96.1 Å². The number of aryl methyl sites for hydroxylation is 1. The predicted molar refractivity (Wildman–Crippen MR) is 136 cm³/mol. The molecular weight excluding hydrogens is 426 g/mol. The van der Waals surface area contributed by atoms with Crippen LogP contribution in [0.2, 0.25) is 0 Å². The van der Waals surface area contributed by atoms with Gasteiger partial charge in [-0.05, 0) is 55.0 Å². The molecule has 1 saturated heterocycles. The Morgan fingerprint density at radius 3 is 2.24 bits per heavy atom. The van der Waals surface area contributed by atoms with Crippen molar-refractivity contribution in [2.45, 2.75) is 6.92 Å². The van der Waals surface area contributed by atoms with E-state index >= 15 is 0 Å². The van der Waals surface area contributed by atoms with Crippen LogP contribution in [-0.2, 0) is 9.59 Å². The third-order valence-electron chi connectivity index (χ3n) is 5.72. The number of anilines is 2. The van der Waals surface area contributed by atoms with E-state index in [9.17, 15) is 9.59 Å². The molecule has 1 aliphatic rings. The molecule has 0 saturated carbocycles. The highest BCUT2D eigenvalue weighted by Crippen LogP contribution is 2.20. The molecule has 1 aliphatic heterocycles. The van der Waals surface area contributed by atoms with Gasteiger partial charge in [-0.25, -0.2) is 0 Å². The summed E-state index contributed by atoms with van der Waals surface area (Å²) in [5, 5.41) is 2.86. The number of benzene rings is 3. The second kappa shape index (κ2) is 11.2. The van der Waals surface area contributed by atoms with E-state index in [-0.39, 0.29) is 18.4 Å². The van der Waals surface area contributed by atoms with E-state index in [0.29, 0.717) is 18.8 Å². The number of nitrogens with one attached hydrogen (secondary N) is 1. The Bertz CT molecular complexity index is 1120. The van der Waals surface area contributed by atoms with Crippen molar-refractivity contribution in [1.82, 2.24) is 4.90 Å². The fraction of sp³-hybridized carbons (Fsp3) is 0.214. The summed E-state index contributed by atoms with van der Waals surface area (Å²) in [5.41, 5.74) is 3.95. The zero-order valence-corrected chi connectivity index (χ0v) is 19.3. The summed E-state index contributed by atoms with van der Waals surface area (Å²) in [6.07, 6.45) is 3.50. The van der Waals surface area contributed by atoms with Crippen molar-refractivity contribution in [3.8, 4) is 5.75 Å². The van der Waals surface area contributed by atoms with E-state index in [1.54, 1.807) is 6.08 Å². The summed E-state index contributed by atoms with van der Waals surface area (Å²) in [4.78, 5) is 28.8. The molecule has 6 heteroatoms. The van der Waals surface area contributed by atoms with E-state index in [1.165, 1.54) is 0 Å². The molecule has 1 heterocycles. The Labute approximate surface area is 200 Å².